The highest BCUT2D eigenvalue weighted by atomic mass is 16.3. The lowest BCUT2D eigenvalue weighted by Gasteiger charge is -2.17. The first-order valence-corrected chi connectivity index (χ1v) is 42.6. The number of aliphatic hydroxyl groups is 2. The lowest BCUT2D eigenvalue weighted by atomic mass is 9.92. The van der Waals surface area contributed by atoms with Crippen molar-refractivity contribution in [3.63, 3.8) is 0 Å². The van der Waals surface area contributed by atoms with E-state index >= 15 is 0 Å². The first kappa shape index (κ1) is 87.2. The van der Waals surface area contributed by atoms with Crippen molar-refractivity contribution in [3.8, 4) is 102 Å². The molecule has 0 amide bonds. The van der Waals surface area contributed by atoms with E-state index in [1.165, 1.54) is 27.8 Å². The maximum Gasteiger partial charge on any atom is 0.248 e. The normalized spacial score (nSPS) is 13.2. The Hall–Kier alpha value is -14.2. The smallest absolute Gasteiger partial charge is 0.248 e. The Labute approximate surface area is 731 Å². The van der Waals surface area contributed by atoms with Crippen LogP contribution in [0.25, 0.3) is 113 Å². The van der Waals surface area contributed by atoms with Crippen LogP contribution in [0.3, 0.4) is 0 Å². The number of aromatic amines is 3. The monoisotopic (exact) mass is 1650 g/mol. The third-order valence-corrected chi connectivity index (χ3v) is 21.9. The number of carbonyl (C=O) groups is 1. The highest BCUT2D eigenvalue weighted by molar-refractivity contribution is 6.01. The lowest BCUT2D eigenvalue weighted by molar-refractivity contribution is 0.0994. The molecule has 0 saturated carbocycles. The number of carbonyl (C=O) groups excluding carboxylic acids is 1. The maximum atomic E-state index is 12.1. The van der Waals surface area contributed by atoms with Crippen LogP contribution in [-0.2, 0) is 25.8 Å². The maximum absolute atomic E-state index is 12.1. The van der Waals surface area contributed by atoms with Gasteiger partial charge in [-0.15, -0.1) is 0 Å². The molecule has 628 valence electrons. The zero-order valence-electron chi connectivity index (χ0n) is 73.4. The van der Waals surface area contributed by atoms with E-state index < -0.39 is 11.2 Å². The van der Waals surface area contributed by atoms with Gasteiger partial charge in [0.05, 0.1) is 51.2 Å². The number of aromatic nitrogens is 11. The molecule has 0 radical (unpaired) electrons. The van der Waals surface area contributed by atoms with Crippen LogP contribution >= 0.6 is 0 Å². The SMILES string of the molecule is C=C1C=C(c2ccc(-c3cc[nH]c(=O)c3)nc2C(C)C)C=CN1.C=C1NCc2c1cccc2-c1ccc(C#CC(C)(C)O)nc1C(C)C.CC(C)c1nc(-c2cc[nH]c(=O)c2)ccc1-c1ccc2c(c1)C(=O)CC2.CC(C)c1nc(C#CC(C)(C)O)ccc1-c1cnc2c(c1)C=CC2.CC(C)c1ncc(-c2cnc3[nH]ccc3c2)cc1-c1cnc2c(c1)C=CC2. The average Bonchev–Trinajstić information content (AvgIpc) is 1.71. The second-order valence-corrected chi connectivity index (χ2v) is 34.4. The number of dihydropyridines is 1. The van der Waals surface area contributed by atoms with E-state index in [2.05, 4.69) is 244 Å². The number of aryl methyl sites for hydroxylation is 1. The van der Waals surface area contributed by atoms with Gasteiger partial charge in [-0.2, -0.15) is 0 Å². The molecule has 5 aliphatic rings. The fraction of sp³-hybridized carbons (Fsp3) is 0.243. The number of allylic oxidation sites excluding steroid dienone is 5. The molecule has 0 atom stereocenters. The molecule has 125 heavy (non-hydrogen) atoms. The van der Waals surface area contributed by atoms with Gasteiger partial charge < -0.3 is 35.8 Å². The van der Waals surface area contributed by atoms with Crippen molar-refractivity contribution in [1.29, 1.82) is 0 Å². The fourth-order valence-corrected chi connectivity index (χ4v) is 15.6. The summed E-state index contributed by atoms with van der Waals surface area (Å²) in [5.41, 5.74) is 32.3. The van der Waals surface area contributed by atoms with E-state index in [1.54, 1.807) is 52.2 Å². The van der Waals surface area contributed by atoms with Gasteiger partial charge in [-0.05, 0) is 212 Å². The van der Waals surface area contributed by atoms with Crippen molar-refractivity contribution in [1.82, 2.24) is 65.5 Å². The number of benzene rings is 2. The van der Waals surface area contributed by atoms with Crippen LogP contribution in [-0.4, -0.2) is 82.0 Å². The second-order valence-electron chi connectivity index (χ2n) is 34.4. The Balaban J connectivity index is 0.000000127. The topological polar surface area (TPSA) is 266 Å². The van der Waals surface area contributed by atoms with Crippen molar-refractivity contribution >= 4 is 40.2 Å². The van der Waals surface area contributed by atoms with Crippen LogP contribution in [0.2, 0.25) is 0 Å². The Bertz CT molecular complexity index is 6740. The molecule has 7 N–H and O–H groups in total. The minimum absolute atomic E-state index is 0.125. The van der Waals surface area contributed by atoms with Crippen LogP contribution in [0.5, 0.6) is 0 Å². The molecule has 18 heteroatoms. The van der Waals surface area contributed by atoms with Crippen LogP contribution in [0.4, 0.5) is 0 Å². The molecule has 18 rings (SSSR count). The van der Waals surface area contributed by atoms with Gasteiger partial charge in [-0.25, -0.2) is 15.0 Å². The number of H-pyrrole nitrogens is 3. The summed E-state index contributed by atoms with van der Waals surface area (Å²) < 4.78 is 0. The van der Waals surface area contributed by atoms with E-state index in [-0.39, 0.29) is 40.6 Å². The molecule has 0 fully saturated rings. The summed E-state index contributed by atoms with van der Waals surface area (Å²) >= 11 is 0. The van der Waals surface area contributed by atoms with Crippen molar-refractivity contribution in [2.45, 2.75) is 170 Å². The Morgan fingerprint density at radius 3 is 1.52 bits per heavy atom. The van der Waals surface area contributed by atoms with Crippen molar-refractivity contribution in [2.75, 3.05) is 0 Å². The zero-order chi connectivity index (χ0) is 88.5. The minimum atomic E-state index is -1.02. The molecule has 13 aromatic rings. The molecule has 18 nitrogen and oxygen atoms in total. The first-order chi connectivity index (χ1) is 59.8. The number of Topliss-reactive ketones (excluding diaryl/α,β-unsaturated/α-hetero) is 1. The average molecular weight is 1650 g/mol. The summed E-state index contributed by atoms with van der Waals surface area (Å²) in [5.74, 6) is 13.2. The minimum Gasteiger partial charge on any atom is -0.381 e. The molecular weight excluding hydrogens is 1550 g/mol. The van der Waals surface area contributed by atoms with Gasteiger partial charge in [0.2, 0.25) is 11.1 Å². The quantitative estimate of drug-likeness (QED) is 0.0529. The Morgan fingerprint density at radius 2 is 0.936 bits per heavy atom. The molecule has 0 bridgehead atoms. The number of hydrogen-bond donors (Lipinski definition) is 7. The van der Waals surface area contributed by atoms with Gasteiger partial charge in [-0.1, -0.05) is 161 Å². The van der Waals surface area contributed by atoms with Gasteiger partial charge in [0.25, 0.3) is 0 Å². The number of hydrogen-bond acceptors (Lipinski definition) is 15. The zero-order valence-corrected chi connectivity index (χ0v) is 73.4. The molecule has 0 unspecified atom stereocenters. The van der Waals surface area contributed by atoms with Gasteiger partial charge in [0.1, 0.15) is 28.2 Å². The summed E-state index contributed by atoms with van der Waals surface area (Å²) in [4.78, 5) is 81.3. The van der Waals surface area contributed by atoms with E-state index in [1.807, 2.05) is 104 Å². The first-order valence-electron chi connectivity index (χ1n) is 42.6. The van der Waals surface area contributed by atoms with Gasteiger partial charge in [0, 0.05) is 177 Å². The van der Waals surface area contributed by atoms with Gasteiger partial charge in [0.15, 0.2) is 5.78 Å². The molecular formula is C107H105N13O5. The lowest BCUT2D eigenvalue weighted by Crippen LogP contribution is -2.14. The molecule has 0 saturated heterocycles. The molecule has 3 aliphatic carbocycles. The number of rotatable bonds is 13. The van der Waals surface area contributed by atoms with E-state index in [0.717, 1.165) is 183 Å². The highest BCUT2D eigenvalue weighted by Crippen LogP contribution is 2.40. The summed E-state index contributed by atoms with van der Waals surface area (Å²) in [5, 5.41) is 27.1. The number of fused-ring (bicyclic) bond motifs is 5. The number of pyridine rings is 10. The van der Waals surface area contributed by atoms with Crippen LogP contribution in [0.15, 0.2) is 242 Å². The summed E-state index contributed by atoms with van der Waals surface area (Å²) in [6.45, 7) is 36.8. The molecule has 13 heterocycles. The summed E-state index contributed by atoms with van der Waals surface area (Å²) in [6.07, 6.45) is 30.7. The van der Waals surface area contributed by atoms with Crippen molar-refractivity contribution < 1.29 is 15.0 Å². The molecule has 11 aromatic heterocycles. The van der Waals surface area contributed by atoms with Crippen LogP contribution in [0, 0.1) is 23.7 Å². The van der Waals surface area contributed by atoms with E-state index in [0.29, 0.717) is 23.7 Å². The van der Waals surface area contributed by atoms with E-state index in [9.17, 15) is 24.6 Å². The molecule has 2 aliphatic heterocycles. The Morgan fingerprint density at radius 1 is 0.432 bits per heavy atom. The predicted molar refractivity (Wildman–Crippen MR) is 506 cm³/mol. The van der Waals surface area contributed by atoms with Crippen molar-refractivity contribution in [2.24, 2.45) is 0 Å². The summed E-state index contributed by atoms with van der Waals surface area (Å²) in [7, 11) is 0. The third-order valence-electron chi connectivity index (χ3n) is 21.9. The van der Waals surface area contributed by atoms with Gasteiger partial charge >= 0.3 is 0 Å². The number of ketones is 1. The predicted octanol–water partition coefficient (Wildman–Crippen LogP) is 21.3. The number of nitrogens with one attached hydrogen (secondary N) is 5. The third kappa shape index (κ3) is 21.0. The number of nitrogens with zero attached hydrogens (tertiary/aromatic N) is 8. The largest absolute Gasteiger partial charge is 0.381 e. The second kappa shape index (κ2) is 37.7. The standard InChI is InChI=1S/C23H20N4.C22H20N2O2.C22H24N2O.C21H22N2O.C19H19N3O/c1-14(2)22-20(19-8-15-4-3-5-21(15)25-13-19)10-18(11-26-22)17-9-16-6-7-24-23(16)27-12-17;1-13(2)22-17(15-4-3-14-5-8-20(25)18(14)11-15)6-7-19(24-22)16-9-10-23-21(26)12-16;1-14(2)21-19(10-9-16(24-21)11-12-22(4,5)25)18-8-6-7-17-15(3)23-13-20(17)18;1-14(2)20-18(9-8-17(23-20)10-11-21(3,4)24)16-12-15-6-5-7-19(15)22-13-16;1-12(2)19-16(14-6-8-20-13(3)10-14)4-5-17(22-19)15-7-9-21-18(23)11-15/h3-4,6-14H,5H2,1-2H3,(H,24,27);3-4,6-7,9-13H,5,8H2,1-2H3,(H,23,26);6-10,14,23,25H,3,13H2,1-2,4-5H3;5-6,8-9,12-14,24H,7H2,1-4H3;4-12,20H,3H2,1-2H3,(H,21,23). The molecule has 0 spiro atoms. The van der Waals surface area contributed by atoms with Crippen LogP contribution < -0.4 is 21.8 Å². The highest BCUT2D eigenvalue weighted by Gasteiger charge is 2.26. The summed E-state index contributed by atoms with van der Waals surface area (Å²) in [6, 6.07) is 46.1. The van der Waals surface area contributed by atoms with Gasteiger partial charge in [-0.3, -0.25) is 39.3 Å². The van der Waals surface area contributed by atoms with E-state index in [4.69, 9.17) is 24.9 Å². The molecule has 2 aromatic carbocycles. The Kier molecular flexibility index (Phi) is 26.3. The van der Waals surface area contributed by atoms with Crippen molar-refractivity contribution in [3.05, 3.63) is 343 Å². The van der Waals surface area contributed by atoms with Crippen LogP contribution in [0.1, 0.15) is 228 Å². The fourth-order valence-electron chi connectivity index (χ4n) is 15.6.